The molecule has 11 rings (SSSR count). The highest BCUT2D eigenvalue weighted by molar-refractivity contribution is 7.26. The number of nitrogens with zero attached hydrogens (tertiary/aromatic N) is 1. The van der Waals surface area contributed by atoms with E-state index in [9.17, 15) is 0 Å². The van der Waals surface area contributed by atoms with Gasteiger partial charge >= 0.3 is 0 Å². The van der Waals surface area contributed by atoms with Crippen molar-refractivity contribution in [3.8, 4) is 22.3 Å². The van der Waals surface area contributed by atoms with Crippen molar-refractivity contribution in [2.24, 2.45) is 0 Å². The largest absolute Gasteiger partial charge is 0.460 e. The molecule has 0 amide bonds. The minimum Gasteiger partial charge on any atom is -0.460 e. The number of hydrogen-bond donors (Lipinski definition) is 0. The van der Waals surface area contributed by atoms with Crippen molar-refractivity contribution in [3.63, 3.8) is 0 Å². The van der Waals surface area contributed by atoms with Crippen LogP contribution in [0.1, 0.15) is 74.2 Å². The molecule has 0 spiro atoms. The van der Waals surface area contributed by atoms with E-state index in [1.165, 1.54) is 113 Å². The first-order valence-corrected chi connectivity index (χ1v) is 21.2. The lowest BCUT2D eigenvalue weighted by atomic mass is 9.80. The highest BCUT2D eigenvalue weighted by atomic mass is 32.1. The summed E-state index contributed by atoms with van der Waals surface area (Å²) < 4.78 is 9.09. The van der Waals surface area contributed by atoms with Crippen molar-refractivity contribution in [3.05, 3.63) is 169 Å². The molecule has 0 radical (unpaired) electrons. The van der Waals surface area contributed by atoms with E-state index < -0.39 is 0 Å². The Morgan fingerprint density at radius 3 is 2.21 bits per heavy atom. The molecule has 2 aromatic heterocycles. The predicted octanol–water partition coefficient (Wildman–Crippen LogP) is 16.3. The Balaban J connectivity index is 1.12. The fourth-order valence-corrected chi connectivity index (χ4v) is 11.0. The Hall–Kier alpha value is -5.90. The molecule has 0 bridgehead atoms. The second kappa shape index (κ2) is 13.7. The Bertz CT molecular complexity index is 2950. The zero-order valence-corrected chi connectivity index (χ0v) is 32.5. The van der Waals surface area contributed by atoms with Crippen LogP contribution in [0.3, 0.4) is 0 Å². The molecular weight excluding hydrogens is 699 g/mol. The molecule has 0 saturated heterocycles. The van der Waals surface area contributed by atoms with E-state index in [0.717, 1.165) is 23.5 Å². The second-order valence-corrected chi connectivity index (χ2v) is 16.9. The molecule has 3 heteroatoms. The number of thiophene rings is 1. The molecule has 2 nitrogen and oxygen atoms in total. The standard InChI is InChI=1S/C53H43NOS/c1-34-14-9-25-45-51-40(22-13-28-48(51)55-52(34)45)36-30-32-38(33-31-36)54(47-27-12-24-44-42-20-6-8-29-49(42)56-53(44)47)46-26-7-5-19-41(46)43-23-11-18-37-17-10-21-39(50(37)43)35-15-3-2-4-16-35/h5-13,17-35H,2-4,14-16H2,1H3. The van der Waals surface area contributed by atoms with Gasteiger partial charge < -0.3 is 9.32 Å². The van der Waals surface area contributed by atoms with Crippen molar-refractivity contribution < 1.29 is 4.42 Å². The summed E-state index contributed by atoms with van der Waals surface area (Å²) in [4.78, 5) is 2.52. The first-order valence-electron chi connectivity index (χ1n) is 20.3. The van der Waals surface area contributed by atoms with Gasteiger partial charge in [-0.1, -0.05) is 148 Å². The van der Waals surface area contributed by atoms with Crippen LogP contribution in [-0.2, 0) is 0 Å². The lowest BCUT2D eigenvalue weighted by molar-refractivity contribution is 0.445. The second-order valence-electron chi connectivity index (χ2n) is 15.8. The molecule has 1 unspecified atom stereocenters. The van der Waals surface area contributed by atoms with Gasteiger partial charge in [0.2, 0.25) is 0 Å². The first kappa shape index (κ1) is 33.4. The van der Waals surface area contributed by atoms with Gasteiger partial charge in [0.25, 0.3) is 0 Å². The van der Waals surface area contributed by atoms with Crippen LogP contribution in [0.5, 0.6) is 0 Å². The predicted molar refractivity (Wildman–Crippen MR) is 240 cm³/mol. The first-order chi connectivity index (χ1) is 27.7. The topological polar surface area (TPSA) is 16.4 Å². The number of furan rings is 1. The SMILES string of the molecule is CC1CC=Cc2c1oc1cccc(-c3ccc(N(c4ccccc4-c4cccc5cccc(C6CCCCC6)c45)c4cccc5c4sc4ccccc45)cc3)c21. The Labute approximate surface area is 332 Å². The van der Waals surface area contributed by atoms with Crippen molar-refractivity contribution in [2.75, 3.05) is 4.90 Å². The molecule has 0 aliphatic heterocycles. The minimum atomic E-state index is 0.378. The fraction of sp³-hybridized carbons (Fsp3) is 0.170. The molecule has 7 aromatic carbocycles. The Morgan fingerprint density at radius 2 is 1.32 bits per heavy atom. The van der Waals surface area contributed by atoms with E-state index in [0.29, 0.717) is 11.8 Å². The molecule has 2 aliphatic carbocycles. The smallest absolute Gasteiger partial charge is 0.135 e. The average molecular weight is 742 g/mol. The van der Waals surface area contributed by atoms with E-state index in [4.69, 9.17) is 4.42 Å². The van der Waals surface area contributed by atoms with E-state index in [-0.39, 0.29) is 0 Å². The van der Waals surface area contributed by atoms with Crippen molar-refractivity contribution in [2.45, 2.75) is 57.3 Å². The molecular formula is C53H43NOS. The van der Waals surface area contributed by atoms with Gasteiger partial charge in [-0.2, -0.15) is 0 Å². The van der Waals surface area contributed by atoms with Gasteiger partial charge in [0.1, 0.15) is 11.3 Å². The highest BCUT2D eigenvalue weighted by Gasteiger charge is 2.26. The Kier molecular flexibility index (Phi) is 8.17. The number of allylic oxidation sites excluding steroid dienone is 1. The summed E-state index contributed by atoms with van der Waals surface area (Å²) in [6.07, 6.45) is 12.1. The maximum Gasteiger partial charge on any atom is 0.135 e. The van der Waals surface area contributed by atoms with Gasteiger partial charge in [0, 0.05) is 43.6 Å². The monoisotopic (exact) mass is 741 g/mol. The third-order valence-electron chi connectivity index (χ3n) is 12.5. The summed E-state index contributed by atoms with van der Waals surface area (Å²) in [6, 6.07) is 54.4. The average Bonchev–Trinajstić information content (AvgIpc) is 3.84. The van der Waals surface area contributed by atoms with E-state index in [2.05, 4.69) is 170 Å². The Morgan fingerprint density at radius 1 is 0.607 bits per heavy atom. The number of anilines is 3. The van der Waals surface area contributed by atoms with Crippen molar-refractivity contribution >= 4 is 76.4 Å². The summed E-state index contributed by atoms with van der Waals surface area (Å²) in [7, 11) is 0. The van der Waals surface area contributed by atoms with Gasteiger partial charge in [-0.3, -0.25) is 0 Å². The number of rotatable bonds is 6. The number of para-hydroxylation sites is 1. The summed E-state index contributed by atoms with van der Waals surface area (Å²) in [6.45, 7) is 2.26. The highest BCUT2D eigenvalue weighted by Crippen LogP contribution is 2.50. The van der Waals surface area contributed by atoms with Gasteiger partial charge in [-0.15, -0.1) is 11.3 Å². The molecule has 1 atom stereocenters. The van der Waals surface area contributed by atoms with Crippen LogP contribution in [0.15, 0.2) is 156 Å². The minimum absolute atomic E-state index is 0.378. The quantitative estimate of drug-likeness (QED) is 0.169. The van der Waals surface area contributed by atoms with Crippen molar-refractivity contribution in [1.29, 1.82) is 0 Å². The molecule has 2 heterocycles. The van der Waals surface area contributed by atoms with Crippen LogP contribution in [0.4, 0.5) is 17.1 Å². The zero-order valence-electron chi connectivity index (χ0n) is 31.7. The fourth-order valence-electron chi connectivity index (χ4n) is 9.81. The molecule has 56 heavy (non-hydrogen) atoms. The van der Waals surface area contributed by atoms with E-state index >= 15 is 0 Å². The van der Waals surface area contributed by atoms with Crippen molar-refractivity contribution in [1.82, 2.24) is 0 Å². The van der Waals surface area contributed by atoms with Crippen LogP contribution < -0.4 is 4.90 Å². The summed E-state index contributed by atoms with van der Waals surface area (Å²) in [5, 5.41) is 6.54. The maximum atomic E-state index is 6.48. The van der Waals surface area contributed by atoms with Crippen LogP contribution in [0, 0.1) is 0 Å². The van der Waals surface area contributed by atoms with Gasteiger partial charge in [-0.25, -0.2) is 0 Å². The lowest BCUT2D eigenvalue weighted by Crippen LogP contribution is -2.11. The number of hydrogen-bond acceptors (Lipinski definition) is 3. The van der Waals surface area contributed by atoms with E-state index in [1.54, 1.807) is 0 Å². The molecule has 2 aliphatic rings. The molecule has 272 valence electrons. The van der Waals surface area contributed by atoms with Gasteiger partial charge in [0.15, 0.2) is 0 Å². The lowest BCUT2D eigenvalue weighted by Gasteiger charge is -2.29. The van der Waals surface area contributed by atoms with Crippen LogP contribution in [0.25, 0.3) is 70.2 Å². The molecule has 0 N–H and O–H groups in total. The van der Waals surface area contributed by atoms with Crippen LogP contribution >= 0.6 is 11.3 Å². The normalized spacial score (nSPS) is 15.9. The van der Waals surface area contributed by atoms with Gasteiger partial charge in [-0.05, 0) is 94.6 Å². The third-order valence-corrected chi connectivity index (χ3v) is 13.7. The third kappa shape index (κ3) is 5.44. The summed E-state index contributed by atoms with van der Waals surface area (Å²) in [5.74, 6) is 2.08. The summed E-state index contributed by atoms with van der Waals surface area (Å²) >= 11 is 1.89. The molecule has 1 saturated carbocycles. The number of fused-ring (bicyclic) bond motifs is 7. The van der Waals surface area contributed by atoms with Crippen LogP contribution in [0.2, 0.25) is 0 Å². The van der Waals surface area contributed by atoms with Crippen LogP contribution in [-0.4, -0.2) is 0 Å². The van der Waals surface area contributed by atoms with E-state index in [1.807, 2.05) is 11.3 Å². The molecule has 1 fully saturated rings. The number of benzene rings is 7. The molecule has 9 aromatic rings. The maximum absolute atomic E-state index is 6.48. The van der Waals surface area contributed by atoms with Gasteiger partial charge in [0.05, 0.1) is 16.1 Å². The zero-order chi connectivity index (χ0) is 37.2. The summed E-state index contributed by atoms with van der Waals surface area (Å²) in [5.41, 5.74) is 12.2.